The molecule has 0 aliphatic heterocycles. The number of hydrogen-bond donors (Lipinski definition) is 2. The molecule has 0 saturated heterocycles. The van der Waals surface area contributed by atoms with Gasteiger partial charge >= 0.3 is 0 Å². The van der Waals surface area contributed by atoms with Crippen molar-refractivity contribution < 1.29 is 5.21 Å². The van der Waals surface area contributed by atoms with E-state index in [2.05, 4.69) is 12.2 Å². The molecular formula is C5H8N2OS. The second-order valence-electron chi connectivity index (χ2n) is 1.38. The number of hydrogen-bond acceptors (Lipinski definition) is 3. The van der Waals surface area contributed by atoms with Gasteiger partial charge in [-0.05, 0) is 12.1 Å². The minimum Gasteiger partial charge on any atom is -0.428 e. The molecule has 0 aliphatic rings. The number of aromatic nitrogens is 1. The van der Waals surface area contributed by atoms with E-state index in [-0.39, 0.29) is 6.15 Å². The number of rotatable bonds is 0. The molecule has 0 saturated carbocycles. The zero-order valence-electron chi connectivity index (χ0n) is 4.82. The summed E-state index contributed by atoms with van der Waals surface area (Å²) < 4.78 is 1.32. The first-order valence-corrected chi connectivity index (χ1v) is 2.58. The fraction of sp³-hybridized carbons (Fsp3) is 0. The maximum atomic E-state index is 8.73. The van der Waals surface area contributed by atoms with Gasteiger partial charge in [-0.2, -0.15) is 4.73 Å². The zero-order valence-corrected chi connectivity index (χ0v) is 5.64. The van der Waals surface area contributed by atoms with E-state index in [0.29, 0.717) is 4.64 Å². The van der Waals surface area contributed by atoms with Crippen LogP contribution in [0.3, 0.4) is 0 Å². The quantitative estimate of drug-likeness (QED) is 0.429. The molecule has 0 fully saturated rings. The third kappa shape index (κ3) is 1.83. The minimum absolute atomic E-state index is 0. The van der Waals surface area contributed by atoms with Crippen molar-refractivity contribution in [3.05, 3.63) is 29.0 Å². The molecule has 3 nitrogen and oxygen atoms in total. The zero-order chi connectivity index (χ0) is 5.98. The Labute approximate surface area is 58.1 Å². The Bertz CT molecular complexity index is 232. The predicted octanol–water partition coefficient (Wildman–Crippen LogP) is 1.62. The van der Waals surface area contributed by atoms with Gasteiger partial charge in [-0.3, -0.25) is 0 Å². The molecular weight excluding hydrogens is 136 g/mol. The molecule has 1 aromatic heterocycles. The van der Waals surface area contributed by atoms with Gasteiger partial charge in [-0.15, -0.1) is 0 Å². The molecule has 4 N–H and O–H groups in total. The van der Waals surface area contributed by atoms with Crippen molar-refractivity contribution >= 4 is 12.2 Å². The monoisotopic (exact) mass is 144 g/mol. The van der Waals surface area contributed by atoms with Crippen molar-refractivity contribution in [2.75, 3.05) is 0 Å². The Hall–Kier alpha value is -0.870. The van der Waals surface area contributed by atoms with Gasteiger partial charge in [0.05, 0.1) is 0 Å². The van der Waals surface area contributed by atoms with E-state index in [1.807, 2.05) is 0 Å². The highest BCUT2D eigenvalue weighted by Crippen LogP contribution is 1.86. The van der Waals surface area contributed by atoms with Crippen molar-refractivity contribution in [1.29, 1.82) is 0 Å². The lowest BCUT2D eigenvalue weighted by Gasteiger charge is -1.90. The van der Waals surface area contributed by atoms with Crippen LogP contribution in [0.1, 0.15) is 0 Å². The predicted molar refractivity (Wildman–Crippen MR) is 37.5 cm³/mol. The molecule has 0 bridgehead atoms. The lowest BCUT2D eigenvalue weighted by Crippen LogP contribution is -1.89. The minimum atomic E-state index is 0. The van der Waals surface area contributed by atoms with Gasteiger partial charge in [0.15, 0.2) is 0 Å². The Morgan fingerprint density at radius 2 is 2.11 bits per heavy atom. The van der Waals surface area contributed by atoms with E-state index in [0.717, 1.165) is 4.73 Å². The lowest BCUT2D eigenvalue weighted by atomic mass is 10.5. The fourth-order valence-electron chi connectivity index (χ4n) is 0.419. The summed E-state index contributed by atoms with van der Waals surface area (Å²) in [6.45, 7) is 0. The summed E-state index contributed by atoms with van der Waals surface area (Å²) in [6.07, 6.45) is 1.49. The van der Waals surface area contributed by atoms with Crippen LogP contribution in [0.2, 0.25) is 0 Å². The van der Waals surface area contributed by atoms with Gasteiger partial charge in [-0.1, -0.05) is 18.3 Å². The SMILES string of the molecule is N.On1ccccc1=S. The smallest absolute Gasteiger partial charge is 0.142 e. The summed E-state index contributed by atoms with van der Waals surface area (Å²) in [4.78, 5) is 0. The molecule has 0 aromatic carbocycles. The average Bonchev–Trinajstić information content (AvgIpc) is 1.77. The third-order valence-corrected chi connectivity index (χ3v) is 1.13. The van der Waals surface area contributed by atoms with Crippen LogP contribution in [0, 0.1) is 4.64 Å². The summed E-state index contributed by atoms with van der Waals surface area (Å²) in [6, 6.07) is 5.13. The van der Waals surface area contributed by atoms with E-state index >= 15 is 0 Å². The summed E-state index contributed by atoms with van der Waals surface area (Å²) in [7, 11) is 0. The van der Waals surface area contributed by atoms with Gasteiger partial charge in [-0.25, -0.2) is 0 Å². The van der Waals surface area contributed by atoms with Gasteiger partial charge in [0, 0.05) is 6.20 Å². The first-order chi connectivity index (χ1) is 3.80. The number of nitrogens with zero attached hydrogens (tertiary/aromatic N) is 1. The molecule has 0 unspecified atom stereocenters. The Morgan fingerprint density at radius 1 is 1.44 bits per heavy atom. The topological polar surface area (TPSA) is 60.2 Å². The summed E-state index contributed by atoms with van der Waals surface area (Å²) in [5.41, 5.74) is 0. The molecule has 9 heavy (non-hydrogen) atoms. The molecule has 50 valence electrons. The molecule has 0 radical (unpaired) electrons. The first-order valence-electron chi connectivity index (χ1n) is 2.17. The van der Waals surface area contributed by atoms with Crippen LogP contribution in [0.4, 0.5) is 0 Å². The van der Waals surface area contributed by atoms with Crippen molar-refractivity contribution in [2.45, 2.75) is 0 Å². The van der Waals surface area contributed by atoms with E-state index < -0.39 is 0 Å². The standard InChI is InChI=1S/C5H5NOS.H3N/c7-6-4-2-1-3-5(6)8;/h1-4,7H;1H3. The lowest BCUT2D eigenvalue weighted by molar-refractivity contribution is 0.180. The van der Waals surface area contributed by atoms with Crippen molar-refractivity contribution in [1.82, 2.24) is 10.9 Å². The highest BCUT2D eigenvalue weighted by molar-refractivity contribution is 7.71. The van der Waals surface area contributed by atoms with Crippen LogP contribution in [0.15, 0.2) is 24.4 Å². The second-order valence-corrected chi connectivity index (χ2v) is 1.80. The van der Waals surface area contributed by atoms with Crippen LogP contribution in [0.25, 0.3) is 0 Å². The van der Waals surface area contributed by atoms with Gasteiger partial charge in [0.2, 0.25) is 0 Å². The molecule has 1 aromatic rings. The molecule has 0 atom stereocenters. The highest BCUT2D eigenvalue weighted by atomic mass is 32.1. The largest absolute Gasteiger partial charge is 0.428 e. The highest BCUT2D eigenvalue weighted by Gasteiger charge is 1.77. The molecule has 4 heteroatoms. The van der Waals surface area contributed by atoms with Crippen molar-refractivity contribution in [3.8, 4) is 0 Å². The molecule has 0 amide bonds. The van der Waals surface area contributed by atoms with E-state index in [1.165, 1.54) is 6.20 Å². The average molecular weight is 144 g/mol. The van der Waals surface area contributed by atoms with Gasteiger partial charge in [0.25, 0.3) is 0 Å². The van der Waals surface area contributed by atoms with Crippen LogP contribution < -0.4 is 6.15 Å². The normalized spacial score (nSPS) is 8.00. The Morgan fingerprint density at radius 3 is 2.44 bits per heavy atom. The molecule has 0 spiro atoms. The van der Waals surface area contributed by atoms with Crippen LogP contribution in [-0.4, -0.2) is 9.94 Å². The van der Waals surface area contributed by atoms with Crippen molar-refractivity contribution in [2.24, 2.45) is 0 Å². The van der Waals surface area contributed by atoms with Gasteiger partial charge < -0.3 is 11.4 Å². The number of pyridine rings is 1. The first kappa shape index (κ1) is 8.13. The van der Waals surface area contributed by atoms with Crippen molar-refractivity contribution in [3.63, 3.8) is 0 Å². The van der Waals surface area contributed by atoms with Crippen LogP contribution in [-0.2, 0) is 0 Å². The van der Waals surface area contributed by atoms with Gasteiger partial charge in [0.1, 0.15) is 4.64 Å². The van der Waals surface area contributed by atoms with Crippen LogP contribution in [0.5, 0.6) is 0 Å². The Kier molecular flexibility index (Phi) is 2.90. The van der Waals surface area contributed by atoms with E-state index in [1.54, 1.807) is 18.2 Å². The molecule has 0 aliphatic carbocycles. The van der Waals surface area contributed by atoms with Crippen LogP contribution >= 0.6 is 12.2 Å². The van der Waals surface area contributed by atoms with E-state index in [9.17, 15) is 0 Å². The maximum absolute atomic E-state index is 8.73. The molecule has 1 heterocycles. The van der Waals surface area contributed by atoms with E-state index in [4.69, 9.17) is 5.21 Å². The third-order valence-electron chi connectivity index (χ3n) is 0.803. The summed E-state index contributed by atoms with van der Waals surface area (Å²) in [5.74, 6) is 0. The Balaban J connectivity index is 0.000000640. The second kappa shape index (κ2) is 3.21. The fourth-order valence-corrected chi connectivity index (χ4v) is 0.558. The summed E-state index contributed by atoms with van der Waals surface area (Å²) in [5, 5.41) is 8.73. The summed E-state index contributed by atoms with van der Waals surface area (Å²) >= 11 is 4.67. The maximum Gasteiger partial charge on any atom is 0.142 e. The molecule has 1 rings (SSSR count).